The summed E-state index contributed by atoms with van der Waals surface area (Å²) in [6.45, 7) is 12.1. The van der Waals surface area contributed by atoms with Gasteiger partial charge in [-0.3, -0.25) is 9.78 Å². The molecule has 1 aliphatic heterocycles. The molecule has 0 aliphatic carbocycles. The summed E-state index contributed by atoms with van der Waals surface area (Å²) in [6, 6.07) is 6.16. The van der Waals surface area contributed by atoms with Crippen molar-refractivity contribution in [2.24, 2.45) is 0 Å². The van der Waals surface area contributed by atoms with Crippen molar-refractivity contribution >= 4 is 22.8 Å². The number of fused-ring (bicyclic) bond motifs is 1. The van der Waals surface area contributed by atoms with Gasteiger partial charge in [-0.1, -0.05) is 27.7 Å². The molecule has 0 radical (unpaired) electrons. The zero-order valence-electron chi connectivity index (χ0n) is 22.1. The summed E-state index contributed by atoms with van der Waals surface area (Å²) in [5, 5.41) is 11.6. The normalized spacial score (nSPS) is 13.6. The number of ether oxygens (including phenoxy) is 2. The lowest BCUT2D eigenvalue weighted by Crippen LogP contribution is -2.36. The van der Waals surface area contributed by atoms with E-state index in [1.165, 1.54) is 0 Å². The Kier molecular flexibility index (Phi) is 12.1. The predicted octanol–water partition coefficient (Wildman–Crippen LogP) is 4.66. The number of halogens is 2. The van der Waals surface area contributed by atoms with Crippen LogP contribution in [-0.2, 0) is 4.74 Å². The molecule has 4 rings (SSSR count). The van der Waals surface area contributed by atoms with Crippen LogP contribution in [0.1, 0.15) is 56.6 Å². The summed E-state index contributed by atoms with van der Waals surface area (Å²) in [4.78, 5) is 23.9. The van der Waals surface area contributed by atoms with Gasteiger partial charge in [0, 0.05) is 49.0 Å². The largest absolute Gasteiger partial charge is 0.486 e. The Hall–Kier alpha value is -3.37. The molecule has 0 bridgehead atoms. The highest BCUT2D eigenvalue weighted by Gasteiger charge is 2.20. The fourth-order valence-corrected chi connectivity index (χ4v) is 3.65. The number of morpholine rings is 1. The third kappa shape index (κ3) is 8.06. The van der Waals surface area contributed by atoms with Gasteiger partial charge in [0.1, 0.15) is 29.3 Å². The highest BCUT2D eigenvalue weighted by atomic mass is 19.1. The van der Waals surface area contributed by atoms with Gasteiger partial charge in [0.25, 0.3) is 5.91 Å². The molecule has 0 saturated carbocycles. The van der Waals surface area contributed by atoms with Crippen LogP contribution in [0.25, 0.3) is 11.0 Å². The molecule has 1 aromatic heterocycles. The van der Waals surface area contributed by atoms with Gasteiger partial charge >= 0.3 is 0 Å². The molecule has 3 aromatic rings. The first-order valence-electron chi connectivity index (χ1n) is 12.6. The average molecular weight is 519 g/mol. The van der Waals surface area contributed by atoms with Crippen LogP contribution < -0.4 is 15.0 Å². The quantitative estimate of drug-likeness (QED) is 0.470. The summed E-state index contributed by atoms with van der Waals surface area (Å²) >= 11 is 0. The number of nitrogens with zero attached hydrogens (tertiary/aromatic N) is 3. The Labute approximate surface area is 216 Å². The lowest BCUT2D eigenvalue weighted by atomic mass is 10.0. The topological polar surface area (TPSA) is 96.8 Å². The Balaban J connectivity index is 0.00000115. The van der Waals surface area contributed by atoms with Crippen LogP contribution in [-0.4, -0.2) is 60.4 Å². The smallest absolute Gasteiger partial charge is 0.251 e. The number of carbonyl (C=O) groups is 1. The lowest BCUT2D eigenvalue weighted by molar-refractivity contribution is 0.0944. The van der Waals surface area contributed by atoms with E-state index in [2.05, 4.69) is 15.2 Å². The van der Waals surface area contributed by atoms with Crippen molar-refractivity contribution < 1.29 is 28.2 Å². The van der Waals surface area contributed by atoms with E-state index in [1.54, 1.807) is 25.3 Å². The molecule has 2 heterocycles. The minimum Gasteiger partial charge on any atom is -0.486 e. The number of rotatable bonds is 7. The third-order valence-electron chi connectivity index (χ3n) is 5.25. The second-order valence-electron chi connectivity index (χ2n) is 7.61. The van der Waals surface area contributed by atoms with Crippen molar-refractivity contribution in [3.63, 3.8) is 0 Å². The molecule has 10 heteroatoms. The van der Waals surface area contributed by atoms with Crippen molar-refractivity contribution in [1.82, 2.24) is 15.3 Å². The number of aliphatic hydroxyl groups excluding tert-OH is 1. The number of amides is 1. The number of anilines is 1. The maximum atomic E-state index is 13.6. The summed E-state index contributed by atoms with van der Waals surface area (Å²) in [6.07, 6.45) is 0.939. The van der Waals surface area contributed by atoms with E-state index < -0.39 is 23.6 Å². The molecule has 1 unspecified atom stereocenters. The van der Waals surface area contributed by atoms with Gasteiger partial charge in [-0.25, -0.2) is 13.8 Å². The Morgan fingerprint density at radius 2 is 1.76 bits per heavy atom. The van der Waals surface area contributed by atoms with Crippen molar-refractivity contribution in [2.45, 2.75) is 40.7 Å². The maximum Gasteiger partial charge on any atom is 0.251 e. The molecular formula is C27H36F2N4O4. The van der Waals surface area contributed by atoms with Crippen LogP contribution >= 0.6 is 0 Å². The van der Waals surface area contributed by atoms with Gasteiger partial charge < -0.3 is 24.8 Å². The van der Waals surface area contributed by atoms with Gasteiger partial charge in [0.2, 0.25) is 0 Å². The molecule has 2 N–H and O–H groups in total. The minimum absolute atomic E-state index is 0.0144. The number of hydrogen-bond donors (Lipinski definition) is 2. The molecule has 0 spiro atoms. The van der Waals surface area contributed by atoms with Gasteiger partial charge in [0.15, 0.2) is 0 Å². The molecule has 37 heavy (non-hydrogen) atoms. The van der Waals surface area contributed by atoms with Crippen LogP contribution in [0.2, 0.25) is 0 Å². The second-order valence-corrected chi connectivity index (χ2v) is 7.61. The fourth-order valence-electron chi connectivity index (χ4n) is 3.65. The van der Waals surface area contributed by atoms with Crippen molar-refractivity contribution in [3.8, 4) is 5.75 Å². The number of aromatic nitrogens is 2. The fraction of sp³-hybridized carbons (Fsp3) is 0.444. The second kappa shape index (κ2) is 15.0. The van der Waals surface area contributed by atoms with Crippen LogP contribution in [0.4, 0.5) is 14.6 Å². The molecular weight excluding hydrogens is 482 g/mol. The third-order valence-corrected chi connectivity index (χ3v) is 5.25. The van der Waals surface area contributed by atoms with Crippen molar-refractivity contribution in [3.05, 3.63) is 59.3 Å². The number of benzene rings is 2. The predicted molar refractivity (Wildman–Crippen MR) is 140 cm³/mol. The van der Waals surface area contributed by atoms with Crippen molar-refractivity contribution in [1.29, 1.82) is 0 Å². The van der Waals surface area contributed by atoms with Crippen LogP contribution in [0, 0.1) is 11.6 Å². The van der Waals surface area contributed by atoms with Gasteiger partial charge in [0.05, 0.1) is 37.1 Å². The Morgan fingerprint density at radius 1 is 1.11 bits per heavy atom. The first-order valence-corrected chi connectivity index (χ1v) is 12.6. The number of carbonyl (C=O) groups excluding carboxylic acids is 1. The van der Waals surface area contributed by atoms with Crippen molar-refractivity contribution in [2.75, 3.05) is 44.4 Å². The average Bonchev–Trinajstić information content (AvgIpc) is 2.93. The summed E-state index contributed by atoms with van der Waals surface area (Å²) < 4.78 is 38.5. The monoisotopic (exact) mass is 518 g/mol. The van der Waals surface area contributed by atoms with E-state index in [9.17, 15) is 13.6 Å². The van der Waals surface area contributed by atoms with E-state index in [4.69, 9.17) is 19.6 Å². The van der Waals surface area contributed by atoms with Gasteiger partial charge in [-0.05, 0) is 19.1 Å². The molecule has 1 amide bonds. The summed E-state index contributed by atoms with van der Waals surface area (Å²) in [7, 11) is 0. The lowest BCUT2D eigenvalue weighted by Gasteiger charge is -2.28. The first-order chi connectivity index (χ1) is 17.9. The van der Waals surface area contributed by atoms with Crippen LogP contribution in [0.15, 0.2) is 36.5 Å². The molecule has 202 valence electrons. The number of nitrogens with one attached hydrogen (secondary N) is 1. The van der Waals surface area contributed by atoms with Crippen LogP contribution in [0.5, 0.6) is 5.75 Å². The molecule has 2 aromatic carbocycles. The maximum absolute atomic E-state index is 13.6. The summed E-state index contributed by atoms with van der Waals surface area (Å²) in [5.74, 6) is -1.23. The zero-order chi connectivity index (χ0) is 27.4. The van der Waals surface area contributed by atoms with E-state index in [0.29, 0.717) is 54.3 Å². The summed E-state index contributed by atoms with van der Waals surface area (Å²) in [5.41, 5.74) is 1.83. The Bertz CT molecular complexity index is 1140. The first kappa shape index (κ1) is 29.9. The Morgan fingerprint density at radius 3 is 2.38 bits per heavy atom. The molecule has 1 atom stereocenters. The zero-order valence-corrected chi connectivity index (χ0v) is 22.1. The molecule has 1 aliphatic rings. The van der Waals surface area contributed by atoms with Crippen LogP contribution in [0.3, 0.4) is 0 Å². The molecule has 1 fully saturated rings. The number of aliphatic hydroxyl groups is 1. The minimum atomic E-state index is -0.756. The van der Waals surface area contributed by atoms with E-state index in [1.807, 2.05) is 27.7 Å². The highest BCUT2D eigenvalue weighted by molar-refractivity contribution is 5.98. The van der Waals surface area contributed by atoms with Gasteiger partial charge in [-0.2, -0.15) is 0 Å². The van der Waals surface area contributed by atoms with E-state index in [0.717, 1.165) is 18.2 Å². The van der Waals surface area contributed by atoms with E-state index >= 15 is 0 Å². The standard InChI is InChI=1S/C23H24F2N4O4.2C2H6/c1-14(33-18-11-16(24)10-17(25)12-18)19-8-15(23(31)26-2-5-30)9-20-22(19)28-21(13-27-20)29-3-6-32-7-4-29;2*1-2/h8-14,30H,2-7H2,1H3,(H,26,31);2*1-2H3. The SMILES string of the molecule is CC.CC.CC(Oc1cc(F)cc(F)c1)c1cc(C(=O)NCCO)cc2ncc(N3CCOCC3)nc12. The highest BCUT2D eigenvalue weighted by Crippen LogP contribution is 2.30. The van der Waals surface area contributed by atoms with E-state index in [-0.39, 0.29) is 18.9 Å². The molecule has 8 nitrogen and oxygen atoms in total. The van der Waals surface area contributed by atoms with Gasteiger partial charge in [-0.15, -0.1) is 0 Å². The molecule has 1 saturated heterocycles. The number of hydrogen-bond acceptors (Lipinski definition) is 7.